The summed E-state index contributed by atoms with van der Waals surface area (Å²) in [6, 6.07) is 0. The van der Waals surface area contributed by atoms with Crippen molar-refractivity contribution in [1.82, 2.24) is 4.90 Å². The van der Waals surface area contributed by atoms with Crippen LogP contribution in [0.5, 0.6) is 0 Å². The summed E-state index contributed by atoms with van der Waals surface area (Å²) in [5.41, 5.74) is -0.552. The molecule has 1 aliphatic heterocycles. The second kappa shape index (κ2) is 7.00. The first-order chi connectivity index (χ1) is 10.7. The third-order valence-electron chi connectivity index (χ3n) is 3.44. The van der Waals surface area contributed by atoms with Gasteiger partial charge in [-0.15, -0.1) is 11.8 Å². The van der Waals surface area contributed by atoms with Crippen LogP contribution in [0.2, 0.25) is 0 Å². The number of hydrogen-bond donors (Lipinski definition) is 1. The number of aryl methyl sites for hydroxylation is 1. The number of carbonyl (C=O) groups excluding carboxylic acids is 1. The fraction of sp³-hybridized carbons (Fsp3) is 0.733. The lowest BCUT2D eigenvalue weighted by molar-refractivity contribution is 0.00536. The Kier molecular flexibility index (Phi) is 5.46. The number of piperidine rings is 1. The minimum absolute atomic E-state index is 0.0340. The first kappa shape index (κ1) is 17.9. The molecule has 1 saturated heterocycles. The lowest BCUT2D eigenvalue weighted by Gasteiger charge is -2.36. The van der Waals surface area contributed by atoms with E-state index in [1.807, 2.05) is 20.8 Å². The predicted octanol–water partition coefficient (Wildman–Crippen LogP) is 2.14. The van der Waals surface area contributed by atoms with Crippen LogP contribution >= 0.6 is 11.8 Å². The van der Waals surface area contributed by atoms with E-state index in [1.54, 1.807) is 6.92 Å². The molecule has 1 fully saturated rings. The van der Waals surface area contributed by atoms with Gasteiger partial charge in [0.05, 0.1) is 18.4 Å². The highest BCUT2D eigenvalue weighted by Gasteiger charge is 2.33. The van der Waals surface area contributed by atoms with Gasteiger partial charge in [0.1, 0.15) is 11.4 Å². The summed E-state index contributed by atoms with van der Waals surface area (Å²) in [5.74, 6) is 0.689. The van der Waals surface area contributed by atoms with Crippen molar-refractivity contribution in [3.05, 3.63) is 22.1 Å². The summed E-state index contributed by atoms with van der Waals surface area (Å²) in [4.78, 5) is 24.5. The first-order valence-corrected chi connectivity index (χ1v) is 8.57. The lowest BCUT2D eigenvalue weighted by Crippen LogP contribution is -2.49. The fourth-order valence-corrected chi connectivity index (χ4v) is 3.49. The Morgan fingerprint density at radius 3 is 2.65 bits per heavy atom. The molecule has 1 aromatic rings. The van der Waals surface area contributed by atoms with Crippen LogP contribution in [0.25, 0.3) is 0 Å². The van der Waals surface area contributed by atoms with Crippen molar-refractivity contribution in [3.63, 3.8) is 0 Å². The van der Waals surface area contributed by atoms with Crippen LogP contribution in [0, 0.1) is 6.92 Å². The van der Waals surface area contributed by atoms with Gasteiger partial charge in [0.15, 0.2) is 5.76 Å². The smallest absolute Gasteiger partial charge is 0.444 e. The van der Waals surface area contributed by atoms with Gasteiger partial charge in [-0.1, -0.05) is 0 Å². The van der Waals surface area contributed by atoms with Crippen molar-refractivity contribution in [2.45, 2.75) is 56.8 Å². The van der Waals surface area contributed by atoms with E-state index in [4.69, 9.17) is 13.6 Å². The van der Waals surface area contributed by atoms with E-state index in [-0.39, 0.29) is 11.8 Å². The van der Waals surface area contributed by atoms with Gasteiger partial charge in [-0.2, -0.15) is 0 Å². The van der Waals surface area contributed by atoms with E-state index >= 15 is 0 Å². The molecule has 0 spiro atoms. The van der Waals surface area contributed by atoms with Crippen molar-refractivity contribution >= 4 is 17.9 Å². The Balaban J connectivity index is 1.85. The molecule has 130 valence electrons. The quantitative estimate of drug-likeness (QED) is 0.897. The second-order valence-electron chi connectivity index (χ2n) is 6.57. The van der Waals surface area contributed by atoms with Crippen molar-refractivity contribution in [3.8, 4) is 0 Å². The summed E-state index contributed by atoms with van der Waals surface area (Å²) in [6.07, 6.45) is -0.413. The van der Waals surface area contributed by atoms with Gasteiger partial charge in [0, 0.05) is 11.8 Å². The van der Waals surface area contributed by atoms with E-state index in [2.05, 4.69) is 0 Å². The number of amides is 1. The average molecular weight is 345 g/mol. The SMILES string of the molecule is Cc1oc(=O)oc1CSC1CCN(C(=O)OC(C)(C)C)CC1O. The Labute approximate surface area is 139 Å². The van der Waals surface area contributed by atoms with Gasteiger partial charge >= 0.3 is 11.9 Å². The van der Waals surface area contributed by atoms with Crippen LogP contribution in [-0.2, 0) is 10.5 Å². The topological polar surface area (TPSA) is 93.1 Å². The van der Waals surface area contributed by atoms with Gasteiger partial charge in [-0.05, 0) is 34.1 Å². The molecule has 0 saturated carbocycles. The van der Waals surface area contributed by atoms with Gasteiger partial charge in [-0.3, -0.25) is 0 Å². The number of likely N-dealkylation sites (tertiary alicyclic amines) is 1. The molecule has 2 heterocycles. The van der Waals surface area contributed by atoms with Crippen LogP contribution in [-0.4, -0.2) is 46.1 Å². The highest BCUT2D eigenvalue weighted by atomic mass is 32.2. The first-order valence-electron chi connectivity index (χ1n) is 7.53. The molecule has 2 rings (SSSR count). The molecule has 1 N–H and O–H groups in total. The molecule has 2 unspecified atom stereocenters. The molecule has 0 bridgehead atoms. The molecule has 0 radical (unpaired) electrons. The second-order valence-corrected chi connectivity index (χ2v) is 7.79. The Morgan fingerprint density at radius 1 is 1.43 bits per heavy atom. The van der Waals surface area contributed by atoms with Crippen LogP contribution < -0.4 is 5.82 Å². The fourth-order valence-electron chi connectivity index (χ4n) is 2.29. The standard InChI is InChI=1S/C15H23NO6S/c1-9-11(21-14(19)20-9)8-23-12-5-6-16(7-10(12)17)13(18)22-15(2,3)4/h10,12,17H,5-8H2,1-4H3. The summed E-state index contributed by atoms with van der Waals surface area (Å²) in [5, 5.41) is 10.2. The molecule has 7 nitrogen and oxygen atoms in total. The molecule has 1 amide bonds. The number of aliphatic hydroxyl groups is 1. The Bertz CT molecular complexity index is 602. The minimum Gasteiger partial charge on any atom is -0.444 e. The summed E-state index contributed by atoms with van der Waals surface area (Å²) in [7, 11) is 0. The number of rotatable bonds is 3. The maximum Gasteiger partial charge on any atom is 0.519 e. The van der Waals surface area contributed by atoms with E-state index in [1.165, 1.54) is 16.7 Å². The highest BCUT2D eigenvalue weighted by Crippen LogP contribution is 2.28. The van der Waals surface area contributed by atoms with Crippen LogP contribution in [0.1, 0.15) is 38.7 Å². The van der Waals surface area contributed by atoms with Crippen molar-refractivity contribution < 1.29 is 23.5 Å². The molecule has 1 aliphatic rings. The monoisotopic (exact) mass is 345 g/mol. The van der Waals surface area contributed by atoms with E-state index < -0.39 is 23.6 Å². The number of aliphatic hydroxyl groups excluding tert-OH is 1. The lowest BCUT2D eigenvalue weighted by atomic mass is 10.1. The largest absolute Gasteiger partial charge is 0.519 e. The average Bonchev–Trinajstić information content (AvgIpc) is 2.73. The third kappa shape index (κ3) is 5.04. The maximum atomic E-state index is 12.0. The maximum absolute atomic E-state index is 12.0. The van der Waals surface area contributed by atoms with Gasteiger partial charge in [0.25, 0.3) is 0 Å². The molecule has 1 aromatic heterocycles. The molecular weight excluding hydrogens is 322 g/mol. The van der Waals surface area contributed by atoms with Crippen LogP contribution in [0.3, 0.4) is 0 Å². The molecule has 0 aliphatic carbocycles. The summed E-state index contributed by atoms with van der Waals surface area (Å²) < 4.78 is 15.1. The summed E-state index contributed by atoms with van der Waals surface area (Å²) >= 11 is 1.49. The zero-order chi connectivity index (χ0) is 17.2. The van der Waals surface area contributed by atoms with E-state index in [0.717, 1.165) is 0 Å². The third-order valence-corrected chi connectivity index (χ3v) is 4.84. The predicted molar refractivity (Wildman–Crippen MR) is 85.5 cm³/mol. The Morgan fingerprint density at radius 2 is 2.13 bits per heavy atom. The van der Waals surface area contributed by atoms with Crippen molar-refractivity contribution in [2.75, 3.05) is 13.1 Å². The van der Waals surface area contributed by atoms with Crippen LogP contribution in [0.4, 0.5) is 4.79 Å². The zero-order valence-electron chi connectivity index (χ0n) is 13.8. The summed E-state index contributed by atoms with van der Waals surface area (Å²) in [6.45, 7) is 7.86. The van der Waals surface area contributed by atoms with Gasteiger partial charge in [0.2, 0.25) is 0 Å². The van der Waals surface area contributed by atoms with Gasteiger partial charge in [-0.25, -0.2) is 9.59 Å². The zero-order valence-corrected chi connectivity index (χ0v) is 14.6. The number of carbonyl (C=O) groups is 1. The van der Waals surface area contributed by atoms with E-state index in [9.17, 15) is 14.7 Å². The highest BCUT2D eigenvalue weighted by molar-refractivity contribution is 7.99. The normalized spacial score (nSPS) is 22.2. The Hall–Kier alpha value is -1.41. The van der Waals surface area contributed by atoms with E-state index in [0.29, 0.717) is 30.2 Å². The number of β-amino-alcohol motifs (C(OH)–C–C–N with tert-alkyl or cyclic N) is 1. The molecule has 0 aromatic carbocycles. The van der Waals surface area contributed by atoms with Crippen molar-refractivity contribution in [1.29, 1.82) is 0 Å². The molecule has 2 atom stereocenters. The molecular formula is C15H23NO6S. The number of thioether (sulfide) groups is 1. The number of hydrogen-bond acceptors (Lipinski definition) is 7. The minimum atomic E-state index is -0.710. The molecule has 23 heavy (non-hydrogen) atoms. The number of ether oxygens (including phenoxy) is 1. The van der Waals surface area contributed by atoms with Crippen molar-refractivity contribution in [2.24, 2.45) is 0 Å². The number of nitrogens with zero attached hydrogens (tertiary/aromatic N) is 1. The van der Waals surface area contributed by atoms with Crippen LogP contribution in [0.15, 0.2) is 13.6 Å². The molecule has 8 heteroatoms. The van der Waals surface area contributed by atoms with Gasteiger partial charge < -0.3 is 23.6 Å².